The number of anilines is 1. The first-order chi connectivity index (χ1) is 16.6. The van der Waals surface area contributed by atoms with Gasteiger partial charge in [0.05, 0.1) is 27.9 Å². The number of methoxy groups -OCH3 is 4. The summed E-state index contributed by atoms with van der Waals surface area (Å²) in [5, 5.41) is 2.86. The lowest BCUT2D eigenvalue weighted by Gasteiger charge is -2.16. The Hall–Kier alpha value is -3.91. The molecule has 0 saturated carbocycles. The molecular formula is C26H29NO7. The first-order valence-corrected chi connectivity index (χ1v) is 10.6. The summed E-state index contributed by atoms with van der Waals surface area (Å²) in [6, 6.07) is 18.1. The lowest BCUT2D eigenvalue weighted by Crippen LogP contribution is -2.13. The molecule has 0 bridgehead atoms. The second-order valence-corrected chi connectivity index (χ2v) is 7.15. The molecule has 0 aliphatic rings. The van der Waals surface area contributed by atoms with Crippen molar-refractivity contribution in [1.29, 1.82) is 0 Å². The Labute approximate surface area is 199 Å². The van der Waals surface area contributed by atoms with E-state index < -0.39 is 0 Å². The molecule has 0 radical (unpaired) electrons. The zero-order valence-electron chi connectivity index (χ0n) is 19.8. The van der Waals surface area contributed by atoms with Crippen molar-refractivity contribution in [2.45, 2.75) is 6.61 Å². The molecule has 3 aromatic carbocycles. The first-order valence-electron chi connectivity index (χ1n) is 10.6. The van der Waals surface area contributed by atoms with Crippen LogP contribution in [-0.2, 0) is 11.3 Å². The van der Waals surface area contributed by atoms with Gasteiger partial charge in [-0.1, -0.05) is 30.3 Å². The summed E-state index contributed by atoms with van der Waals surface area (Å²) >= 11 is 0. The number of ether oxygens (including phenoxy) is 6. The van der Waals surface area contributed by atoms with Gasteiger partial charge in [0.1, 0.15) is 13.2 Å². The predicted octanol–water partition coefficient (Wildman–Crippen LogP) is 4.57. The molecule has 8 heteroatoms. The Morgan fingerprint density at radius 1 is 0.735 bits per heavy atom. The van der Waals surface area contributed by atoms with Gasteiger partial charge in [0.25, 0.3) is 5.91 Å². The quantitative estimate of drug-likeness (QED) is 0.391. The number of hydrogen-bond donors (Lipinski definition) is 1. The van der Waals surface area contributed by atoms with Crippen molar-refractivity contribution in [3.05, 3.63) is 71.8 Å². The molecule has 0 saturated heterocycles. The summed E-state index contributed by atoms with van der Waals surface area (Å²) in [7, 11) is 6.17. The Balaban J connectivity index is 1.79. The summed E-state index contributed by atoms with van der Waals surface area (Å²) < 4.78 is 33.0. The van der Waals surface area contributed by atoms with E-state index in [1.165, 1.54) is 14.2 Å². The predicted molar refractivity (Wildman–Crippen MR) is 129 cm³/mol. The van der Waals surface area contributed by atoms with E-state index in [1.54, 1.807) is 44.6 Å². The molecule has 3 rings (SSSR count). The van der Waals surface area contributed by atoms with E-state index in [-0.39, 0.29) is 5.91 Å². The number of benzene rings is 3. The third-order valence-corrected chi connectivity index (χ3v) is 4.92. The minimum Gasteiger partial charge on any atom is -0.493 e. The first kappa shape index (κ1) is 24.7. The van der Waals surface area contributed by atoms with Crippen LogP contribution in [0.25, 0.3) is 0 Å². The summed E-state index contributed by atoms with van der Waals surface area (Å²) in [6.45, 7) is 1.11. The molecule has 1 N–H and O–H groups in total. The van der Waals surface area contributed by atoms with Gasteiger partial charge in [-0.25, -0.2) is 0 Å². The van der Waals surface area contributed by atoms with Crippen molar-refractivity contribution in [3.8, 4) is 28.7 Å². The minimum absolute atomic E-state index is 0.330. The number of carbonyl (C=O) groups is 1. The lowest BCUT2D eigenvalue weighted by atomic mass is 10.1. The SMILES string of the molecule is COCCOc1cc(NC(=O)c2cc(OC)c(OCc3ccccc3)c(OC)c2)ccc1OC. The molecule has 0 aliphatic carbocycles. The molecule has 0 aliphatic heterocycles. The highest BCUT2D eigenvalue weighted by Gasteiger charge is 2.19. The summed E-state index contributed by atoms with van der Waals surface area (Å²) in [5.74, 6) is 1.90. The maximum absolute atomic E-state index is 13.0. The zero-order valence-corrected chi connectivity index (χ0v) is 19.8. The van der Waals surface area contributed by atoms with Crippen LogP contribution >= 0.6 is 0 Å². The number of amides is 1. The molecule has 34 heavy (non-hydrogen) atoms. The Kier molecular flexibility index (Phi) is 8.99. The van der Waals surface area contributed by atoms with Crippen LogP contribution in [0, 0.1) is 0 Å². The molecule has 0 aromatic heterocycles. The fourth-order valence-electron chi connectivity index (χ4n) is 3.19. The van der Waals surface area contributed by atoms with E-state index in [4.69, 9.17) is 28.4 Å². The molecular weight excluding hydrogens is 438 g/mol. The van der Waals surface area contributed by atoms with Crippen LogP contribution in [0.2, 0.25) is 0 Å². The number of carbonyl (C=O) groups excluding carboxylic acids is 1. The second kappa shape index (κ2) is 12.4. The largest absolute Gasteiger partial charge is 0.493 e. The minimum atomic E-state index is -0.348. The Morgan fingerprint density at radius 2 is 1.41 bits per heavy atom. The van der Waals surface area contributed by atoms with Crippen molar-refractivity contribution >= 4 is 11.6 Å². The van der Waals surface area contributed by atoms with Crippen molar-refractivity contribution in [3.63, 3.8) is 0 Å². The average molecular weight is 468 g/mol. The molecule has 8 nitrogen and oxygen atoms in total. The highest BCUT2D eigenvalue weighted by atomic mass is 16.5. The maximum atomic E-state index is 13.0. The number of nitrogens with one attached hydrogen (secondary N) is 1. The van der Waals surface area contributed by atoms with E-state index in [2.05, 4.69) is 5.32 Å². The van der Waals surface area contributed by atoms with E-state index in [0.29, 0.717) is 59.8 Å². The van der Waals surface area contributed by atoms with Crippen LogP contribution in [0.4, 0.5) is 5.69 Å². The van der Waals surface area contributed by atoms with Gasteiger partial charge in [0.2, 0.25) is 5.75 Å². The number of hydrogen-bond acceptors (Lipinski definition) is 7. The van der Waals surface area contributed by atoms with Crippen LogP contribution in [0.15, 0.2) is 60.7 Å². The van der Waals surface area contributed by atoms with Gasteiger partial charge in [0.15, 0.2) is 23.0 Å². The van der Waals surface area contributed by atoms with Gasteiger partial charge in [0, 0.05) is 24.4 Å². The normalized spacial score (nSPS) is 10.4. The zero-order chi connectivity index (χ0) is 24.3. The van der Waals surface area contributed by atoms with Crippen LogP contribution in [0.1, 0.15) is 15.9 Å². The van der Waals surface area contributed by atoms with Gasteiger partial charge in [-0.3, -0.25) is 4.79 Å². The van der Waals surface area contributed by atoms with Crippen LogP contribution < -0.4 is 29.0 Å². The van der Waals surface area contributed by atoms with Gasteiger partial charge >= 0.3 is 0 Å². The summed E-state index contributed by atoms with van der Waals surface area (Å²) in [6.07, 6.45) is 0. The summed E-state index contributed by atoms with van der Waals surface area (Å²) in [4.78, 5) is 13.0. The van der Waals surface area contributed by atoms with Crippen LogP contribution in [0.3, 0.4) is 0 Å². The molecule has 0 unspecified atom stereocenters. The lowest BCUT2D eigenvalue weighted by molar-refractivity contribution is 0.102. The highest BCUT2D eigenvalue weighted by molar-refractivity contribution is 6.05. The molecule has 3 aromatic rings. The molecule has 0 fully saturated rings. The standard InChI is InChI=1S/C26H29NO7/c1-29-12-13-33-22-16-20(10-11-21(22)30-2)27-26(28)19-14-23(31-3)25(24(15-19)32-4)34-17-18-8-6-5-7-9-18/h5-11,14-16H,12-13,17H2,1-4H3,(H,27,28). The van der Waals surface area contributed by atoms with E-state index in [0.717, 1.165) is 5.56 Å². The highest BCUT2D eigenvalue weighted by Crippen LogP contribution is 2.39. The average Bonchev–Trinajstić information content (AvgIpc) is 2.87. The molecule has 0 heterocycles. The van der Waals surface area contributed by atoms with Crippen molar-refractivity contribution in [1.82, 2.24) is 0 Å². The van der Waals surface area contributed by atoms with E-state index in [9.17, 15) is 4.79 Å². The fraction of sp³-hybridized carbons (Fsp3) is 0.269. The smallest absolute Gasteiger partial charge is 0.255 e. The Morgan fingerprint density at radius 3 is 2.03 bits per heavy atom. The fourth-order valence-corrected chi connectivity index (χ4v) is 3.19. The number of rotatable bonds is 12. The van der Waals surface area contributed by atoms with Gasteiger partial charge in [-0.2, -0.15) is 0 Å². The monoisotopic (exact) mass is 467 g/mol. The third-order valence-electron chi connectivity index (χ3n) is 4.92. The molecule has 0 spiro atoms. The van der Waals surface area contributed by atoms with E-state index >= 15 is 0 Å². The van der Waals surface area contributed by atoms with Crippen molar-refractivity contribution in [2.24, 2.45) is 0 Å². The van der Waals surface area contributed by atoms with Gasteiger partial charge < -0.3 is 33.7 Å². The molecule has 1 amide bonds. The topological polar surface area (TPSA) is 84.5 Å². The molecule has 0 atom stereocenters. The molecule has 180 valence electrons. The summed E-state index contributed by atoms with van der Waals surface area (Å²) in [5.41, 5.74) is 1.88. The van der Waals surface area contributed by atoms with Gasteiger partial charge in [-0.05, 0) is 29.8 Å². The van der Waals surface area contributed by atoms with Crippen LogP contribution in [0.5, 0.6) is 28.7 Å². The van der Waals surface area contributed by atoms with E-state index in [1.807, 2.05) is 30.3 Å². The maximum Gasteiger partial charge on any atom is 0.255 e. The van der Waals surface area contributed by atoms with Gasteiger partial charge in [-0.15, -0.1) is 0 Å². The van der Waals surface area contributed by atoms with Crippen LogP contribution in [-0.4, -0.2) is 47.6 Å². The van der Waals surface area contributed by atoms with Crippen molar-refractivity contribution < 1.29 is 33.2 Å². The van der Waals surface area contributed by atoms with Crippen molar-refractivity contribution in [2.75, 3.05) is 47.0 Å². The Bertz CT molecular complexity index is 1060. The third kappa shape index (κ3) is 6.32. The second-order valence-electron chi connectivity index (χ2n) is 7.15.